The number of aromatic nitrogens is 3. The fraction of sp³-hybridized carbons (Fsp3) is 0. The fourth-order valence-electron chi connectivity index (χ4n) is 1.77. The molecule has 0 aliphatic carbocycles. The van der Waals surface area contributed by atoms with E-state index in [1.807, 2.05) is 30.5 Å². The summed E-state index contributed by atoms with van der Waals surface area (Å²) in [5.41, 5.74) is 8.71. The summed E-state index contributed by atoms with van der Waals surface area (Å²) in [6.45, 7) is 0. The molecule has 0 atom stereocenters. The lowest BCUT2D eigenvalue weighted by molar-refractivity contribution is 1.12. The van der Waals surface area contributed by atoms with Crippen LogP contribution in [0.2, 0.25) is 0 Å². The summed E-state index contributed by atoms with van der Waals surface area (Å²) in [5, 5.41) is 8.12. The molecule has 3 N–H and O–H groups in total. The summed E-state index contributed by atoms with van der Waals surface area (Å²) in [6.07, 6.45) is 3.58. The summed E-state index contributed by atoms with van der Waals surface area (Å²) in [7, 11) is 0. The van der Waals surface area contributed by atoms with Crippen LogP contribution in [0.3, 0.4) is 0 Å². The minimum Gasteiger partial charge on any atom is -0.384 e. The number of nitrogens with one attached hydrogen (secondary N) is 1. The molecule has 0 unspecified atom stereocenters. The van der Waals surface area contributed by atoms with Gasteiger partial charge in [0.15, 0.2) is 0 Å². The Balaban J connectivity index is 2.25. The lowest BCUT2D eigenvalue weighted by Crippen LogP contribution is -1.89. The predicted molar refractivity (Wildman–Crippen MR) is 63.7 cm³/mol. The highest BCUT2D eigenvalue weighted by atomic mass is 15.1. The minimum absolute atomic E-state index is 0.528. The number of hydrogen-bond donors (Lipinski definition) is 2. The van der Waals surface area contributed by atoms with Gasteiger partial charge in [-0.1, -0.05) is 18.2 Å². The van der Waals surface area contributed by atoms with Crippen molar-refractivity contribution >= 4 is 16.7 Å². The van der Waals surface area contributed by atoms with Crippen LogP contribution in [0.5, 0.6) is 0 Å². The van der Waals surface area contributed by atoms with Gasteiger partial charge in [-0.15, -0.1) is 0 Å². The molecule has 4 nitrogen and oxygen atoms in total. The van der Waals surface area contributed by atoms with Crippen LogP contribution in [0, 0.1) is 0 Å². The van der Waals surface area contributed by atoms with E-state index in [0.717, 1.165) is 22.0 Å². The highest BCUT2D eigenvalue weighted by Crippen LogP contribution is 2.26. The van der Waals surface area contributed by atoms with E-state index < -0.39 is 0 Å². The fourth-order valence-corrected chi connectivity index (χ4v) is 1.77. The second kappa shape index (κ2) is 3.34. The number of aromatic amines is 1. The molecular weight excluding hydrogens is 200 g/mol. The van der Waals surface area contributed by atoms with E-state index in [2.05, 4.69) is 15.2 Å². The smallest absolute Gasteiger partial charge is 0.123 e. The van der Waals surface area contributed by atoms with Crippen molar-refractivity contribution in [1.29, 1.82) is 0 Å². The van der Waals surface area contributed by atoms with E-state index in [1.165, 1.54) is 0 Å². The molecule has 2 aromatic heterocycles. The van der Waals surface area contributed by atoms with Gasteiger partial charge in [-0.3, -0.25) is 5.10 Å². The van der Waals surface area contributed by atoms with Crippen molar-refractivity contribution in [2.24, 2.45) is 0 Å². The highest BCUT2D eigenvalue weighted by Gasteiger charge is 2.04. The van der Waals surface area contributed by atoms with Gasteiger partial charge in [0.1, 0.15) is 5.82 Å². The molecule has 0 aliphatic heterocycles. The van der Waals surface area contributed by atoms with Crippen LogP contribution in [-0.2, 0) is 0 Å². The van der Waals surface area contributed by atoms with E-state index >= 15 is 0 Å². The molecule has 0 bridgehead atoms. The highest BCUT2D eigenvalue weighted by molar-refractivity contribution is 5.93. The number of pyridine rings is 1. The number of fused-ring (bicyclic) bond motifs is 1. The van der Waals surface area contributed by atoms with Crippen molar-refractivity contribution in [2.75, 3.05) is 5.73 Å². The van der Waals surface area contributed by atoms with Crippen molar-refractivity contribution in [1.82, 2.24) is 15.2 Å². The number of H-pyrrole nitrogens is 1. The quantitative estimate of drug-likeness (QED) is 0.647. The predicted octanol–water partition coefficient (Wildman–Crippen LogP) is 2.21. The first kappa shape index (κ1) is 8.91. The number of para-hydroxylation sites is 1. The van der Waals surface area contributed by atoms with Gasteiger partial charge in [-0.25, -0.2) is 4.98 Å². The van der Waals surface area contributed by atoms with Crippen LogP contribution in [0.25, 0.3) is 22.0 Å². The maximum atomic E-state index is 5.57. The van der Waals surface area contributed by atoms with Crippen LogP contribution in [-0.4, -0.2) is 15.2 Å². The lowest BCUT2D eigenvalue weighted by Gasteiger charge is -2.02. The zero-order valence-corrected chi connectivity index (χ0v) is 8.51. The van der Waals surface area contributed by atoms with Crippen molar-refractivity contribution in [3.63, 3.8) is 0 Å². The monoisotopic (exact) mass is 210 g/mol. The number of nitrogens with two attached hydrogens (primary N) is 1. The lowest BCUT2D eigenvalue weighted by atomic mass is 10.1. The maximum Gasteiger partial charge on any atom is 0.123 e. The first-order valence-electron chi connectivity index (χ1n) is 4.98. The van der Waals surface area contributed by atoms with Gasteiger partial charge in [0.2, 0.25) is 0 Å². The maximum absolute atomic E-state index is 5.57. The normalized spacial score (nSPS) is 10.8. The van der Waals surface area contributed by atoms with Gasteiger partial charge in [-0.2, -0.15) is 5.10 Å². The molecule has 0 amide bonds. The van der Waals surface area contributed by atoms with Gasteiger partial charge in [-0.05, 0) is 12.1 Å². The second-order valence-electron chi connectivity index (χ2n) is 3.61. The number of nitrogens with zero attached hydrogens (tertiary/aromatic N) is 2. The Morgan fingerprint density at radius 1 is 1.06 bits per heavy atom. The van der Waals surface area contributed by atoms with Crippen molar-refractivity contribution in [3.05, 3.63) is 42.7 Å². The molecule has 78 valence electrons. The summed E-state index contributed by atoms with van der Waals surface area (Å²) in [5.74, 6) is 0.528. The average Bonchev–Trinajstić information content (AvgIpc) is 2.78. The zero-order chi connectivity index (χ0) is 11.0. The standard InChI is InChI=1S/C12H10N4/c13-11-5-4-8(6-14-11)10-3-1-2-9-7-15-16-12(9)10/h1-7H,(H2,13,14)(H,15,16). The molecule has 0 saturated carbocycles. The molecule has 1 aromatic carbocycles. The SMILES string of the molecule is Nc1ccc(-c2cccc3cn[nH]c23)cn1. The topological polar surface area (TPSA) is 67.6 Å². The van der Waals surface area contributed by atoms with E-state index in [-0.39, 0.29) is 0 Å². The first-order chi connectivity index (χ1) is 7.84. The number of nitrogen functional groups attached to an aromatic ring is 1. The first-order valence-corrected chi connectivity index (χ1v) is 4.98. The molecule has 0 spiro atoms. The van der Waals surface area contributed by atoms with Crippen LogP contribution in [0.1, 0.15) is 0 Å². The second-order valence-corrected chi connectivity index (χ2v) is 3.61. The van der Waals surface area contributed by atoms with Crippen LogP contribution >= 0.6 is 0 Å². The molecule has 4 heteroatoms. The Bertz CT molecular complexity index is 625. The van der Waals surface area contributed by atoms with Crippen LogP contribution in [0.15, 0.2) is 42.7 Å². The number of rotatable bonds is 1. The Morgan fingerprint density at radius 3 is 2.81 bits per heavy atom. The van der Waals surface area contributed by atoms with Gasteiger partial charge < -0.3 is 5.73 Å². The largest absolute Gasteiger partial charge is 0.384 e. The molecule has 3 aromatic rings. The summed E-state index contributed by atoms with van der Waals surface area (Å²) in [4.78, 5) is 4.09. The zero-order valence-electron chi connectivity index (χ0n) is 8.51. The third-order valence-electron chi connectivity index (χ3n) is 2.57. The molecule has 2 heterocycles. The van der Waals surface area contributed by atoms with Crippen molar-refractivity contribution in [3.8, 4) is 11.1 Å². The van der Waals surface area contributed by atoms with Gasteiger partial charge in [0.25, 0.3) is 0 Å². The molecular formula is C12H10N4. The Labute approximate surface area is 92.1 Å². The van der Waals surface area contributed by atoms with Crippen molar-refractivity contribution < 1.29 is 0 Å². The average molecular weight is 210 g/mol. The summed E-state index contributed by atoms with van der Waals surface area (Å²) < 4.78 is 0. The van der Waals surface area contributed by atoms with Gasteiger partial charge in [0.05, 0.1) is 11.7 Å². The van der Waals surface area contributed by atoms with E-state index in [4.69, 9.17) is 5.73 Å². The van der Waals surface area contributed by atoms with Crippen molar-refractivity contribution in [2.45, 2.75) is 0 Å². The molecule has 0 fully saturated rings. The number of benzene rings is 1. The molecule has 3 rings (SSSR count). The van der Waals surface area contributed by atoms with E-state index in [0.29, 0.717) is 5.82 Å². The molecule has 0 radical (unpaired) electrons. The minimum atomic E-state index is 0.528. The number of hydrogen-bond acceptors (Lipinski definition) is 3. The molecule has 0 aliphatic rings. The third kappa shape index (κ3) is 1.32. The van der Waals surface area contributed by atoms with Gasteiger partial charge in [0, 0.05) is 22.7 Å². The van der Waals surface area contributed by atoms with Crippen LogP contribution in [0.4, 0.5) is 5.82 Å². The summed E-state index contributed by atoms with van der Waals surface area (Å²) >= 11 is 0. The number of anilines is 1. The van der Waals surface area contributed by atoms with E-state index in [1.54, 1.807) is 12.3 Å². The summed E-state index contributed by atoms with van der Waals surface area (Å²) in [6, 6.07) is 9.81. The Kier molecular flexibility index (Phi) is 1.86. The van der Waals surface area contributed by atoms with E-state index in [9.17, 15) is 0 Å². The Morgan fingerprint density at radius 2 is 2.00 bits per heavy atom. The Hall–Kier alpha value is -2.36. The third-order valence-corrected chi connectivity index (χ3v) is 2.57. The molecule has 16 heavy (non-hydrogen) atoms. The van der Waals surface area contributed by atoms with Gasteiger partial charge >= 0.3 is 0 Å². The van der Waals surface area contributed by atoms with Crippen LogP contribution < -0.4 is 5.73 Å². The molecule has 0 saturated heterocycles.